The van der Waals surface area contributed by atoms with Crippen molar-refractivity contribution in [3.63, 3.8) is 0 Å². The highest BCUT2D eigenvalue weighted by atomic mass is 32.2. The number of amides is 1. The Hall–Kier alpha value is -2.60. The molecule has 1 saturated heterocycles. The predicted octanol–water partition coefficient (Wildman–Crippen LogP) is 4.34. The minimum Gasteiger partial charge on any atom is -0.341 e. The fourth-order valence-corrected chi connectivity index (χ4v) is 4.75. The molecule has 1 aromatic heterocycles. The number of aromatic nitrogens is 3. The molecule has 1 aliphatic heterocycles. The van der Waals surface area contributed by atoms with Crippen molar-refractivity contribution in [1.82, 2.24) is 19.7 Å². The number of benzene rings is 2. The number of carbonyl (C=O) groups is 1. The Bertz CT molecular complexity index is 964. The molecule has 1 fully saturated rings. The molecule has 0 N–H and O–H groups in total. The largest absolute Gasteiger partial charge is 0.341 e. The van der Waals surface area contributed by atoms with Crippen molar-refractivity contribution in [3.8, 4) is 5.69 Å². The highest BCUT2D eigenvalue weighted by Crippen LogP contribution is 2.37. The van der Waals surface area contributed by atoms with Gasteiger partial charge in [0.25, 0.3) is 0 Å². The average Bonchev–Trinajstić information content (AvgIpc) is 3.39. The molecule has 0 radical (unpaired) electrons. The zero-order valence-corrected chi connectivity index (χ0v) is 17.0. The molecule has 0 unspecified atom stereocenters. The highest BCUT2D eigenvalue weighted by Gasteiger charge is 2.30. The quantitative estimate of drug-likeness (QED) is 0.606. The fraction of sp³-hybridized carbons (Fsp3) is 0.318. The van der Waals surface area contributed by atoms with Gasteiger partial charge in [-0.15, -0.1) is 10.2 Å². The van der Waals surface area contributed by atoms with Gasteiger partial charge in [0.2, 0.25) is 5.91 Å². The molecular formula is C22H24N4OS. The second kappa shape index (κ2) is 8.19. The summed E-state index contributed by atoms with van der Waals surface area (Å²) >= 11 is 1.48. The highest BCUT2D eigenvalue weighted by molar-refractivity contribution is 8.00. The number of rotatable bonds is 5. The first-order valence-corrected chi connectivity index (χ1v) is 10.5. The van der Waals surface area contributed by atoms with Crippen molar-refractivity contribution in [2.75, 3.05) is 13.1 Å². The number of hydrogen-bond acceptors (Lipinski definition) is 4. The van der Waals surface area contributed by atoms with E-state index in [1.165, 1.54) is 17.3 Å². The molecule has 2 heterocycles. The van der Waals surface area contributed by atoms with Crippen LogP contribution in [0.1, 0.15) is 34.8 Å². The van der Waals surface area contributed by atoms with Crippen LogP contribution in [0.5, 0.6) is 0 Å². The minimum absolute atomic E-state index is 0.156. The normalized spacial score (nSPS) is 15.0. The number of hydrogen-bond donors (Lipinski definition) is 0. The Morgan fingerprint density at radius 1 is 1.07 bits per heavy atom. The van der Waals surface area contributed by atoms with Crippen LogP contribution in [0.25, 0.3) is 5.69 Å². The Labute approximate surface area is 169 Å². The van der Waals surface area contributed by atoms with Gasteiger partial charge in [-0.1, -0.05) is 59.8 Å². The third-order valence-electron chi connectivity index (χ3n) is 5.10. The van der Waals surface area contributed by atoms with E-state index in [9.17, 15) is 4.79 Å². The van der Waals surface area contributed by atoms with Crippen LogP contribution in [0.3, 0.4) is 0 Å². The van der Waals surface area contributed by atoms with Gasteiger partial charge in [-0.25, -0.2) is 0 Å². The average molecular weight is 393 g/mol. The van der Waals surface area contributed by atoms with Crippen LogP contribution in [0.15, 0.2) is 60.0 Å². The lowest BCUT2D eigenvalue weighted by molar-refractivity contribution is -0.129. The lowest BCUT2D eigenvalue weighted by atomic mass is 10.1. The van der Waals surface area contributed by atoms with Gasteiger partial charge in [-0.2, -0.15) is 0 Å². The Morgan fingerprint density at radius 3 is 2.54 bits per heavy atom. The monoisotopic (exact) mass is 392 g/mol. The summed E-state index contributed by atoms with van der Waals surface area (Å²) in [5, 5.41) is 8.87. The van der Waals surface area contributed by atoms with E-state index in [4.69, 9.17) is 0 Å². The van der Waals surface area contributed by atoms with Crippen LogP contribution in [-0.4, -0.2) is 38.7 Å². The minimum atomic E-state index is -0.326. The smallest absolute Gasteiger partial charge is 0.240 e. The molecule has 6 heteroatoms. The van der Waals surface area contributed by atoms with Crippen LogP contribution in [-0.2, 0) is 4.79 Å². The maximum absolute atomic E-state index is 13.3. The maximum atomic E-state index is 13.3. The summed E-state index contributed by atoms with van der Waals surface area (Å²) in [5.41, 5.74) is 4.41. The third-order valence-corrected chi connectivity index (χ3v) is 6.29. The number of aryl methyl sites for hydroxylation is 2. The van der Waals surface area contributed by atoms with Gasteiger partial charge >= 0.3 is 0 Å². The number of nitrogens with zero attached hydrogens (tertiary/aromatic N) is 4. The van der Waals surface area contributed by atoms with Gasteiger partial charge in [-0.05, 0) is 43.9 Å². The molecule has 28 heavy (non-hydrogen) atoms. The molecular weight excluding hydrogens is 368 g/mol. The molecule has 5 nitrogen and oxygen atoms in total. The lowest BCUT2D eigenvalue weighted by Gasteiger charge is -2.23. The van der Waals surface area contributed by atoms with E-state index in [-0.39, 0.29) is 11.2 Å². The van der Waals surface area contributed by atoms with Crippen molar-refractivity contribution in [2.45, 2.75) is 37.1 Å². The fourth-order valence-electron chi connectivity index (χ4n) is 3.64. The molecule has 2 aromatic carbocycles. The predicted molar refractivity (Wildman–Crippen MR) is 112 cm³/mol. The van der Waals surface area contributed by atoms with Crippen LogP contribution >= 0.6 is 11.8 Å². The summed E-state index contributed by atoms with van der Waals surface area (Å²) in [4.78, 5) is 15.3. The SMILES string of the molecule is Cc1ccc(-n2cnnc2S[C@@H](C(=O)N2CCCC2)c2ccccc2)c(C)c1. The summed E-state index contributed by atoms with van der Waals surface area (Å²) < 4.78 is 1.98. The molecule has 1 aliphatic rings. The van der Waals surface area contributed by atoms with E-state index >= 15 is 0 Å². The first-order valence-electron chi connectivity index (χ1n) is 9.61. The summed E-state index contributed by atoms with van der Waals surface area (Å²) in [5.74, 6) is 0.156. The topological polar surface area (TPSA) is 51.0 Å². The van der Waals surface area contributed by atoms with Crippen molar-refractivity contribution < 1.29 is 4.79 Å². The van der Waals surface area contributed by atoms with Crippen LogP contribution in [0, 0.1) is 13.8 Å². The van der Waals surface area contributed by atoms with E-state index in [1.54, 1.807) is 6.33 Å². The number of carbonyl (C=O) groups excluding carboxylic acids is 1. The van der Waals surface area contributed by atoms with Crippen molar-refractivity contribution >= 4 is 17.7 Å². The molecule has 4 rings (SSSR count). The summed E-state index contributed by atoms with van der Waals surface area (Å²) in [7, 11) is 0. The van der Waals surface area contributed by atoms with Crippen molar-refractivity contribution in [3.05, 3.63) is 71.5 Å². The first kappa shape index (κ1) is 18.7. The Balaban J connectivity index is 1.68. The summed E-state index contributed by atoms with van der Waals surface area (Å²) in [6.45, 7) is 5.85. The third kappa shape index (κ3) is 3.83. The molecule has 144 valence electrons. The zero-order chi connectivity index (χ0) is 19.5. The first-order chi connectivity index (χ1) is 13.6. The Morgan fingerprint density at radius 2 is 1.82 bits per heavy atom. The van der Waals surface area contributed by atoms with E-state index < -0.39 is 0 Å². The second-order valence-electron chi connectivity index (χ2n) is 7.21. The lowest BCUT2D eigenvalue weighted by Crippen LogP contribution is -2.31. The van der Waals surface area contributed by atoms with Crippen LogP contribution in [0.2, 0.25) is 0 Å². The maximum Gasteiger partial charge on any atom is 0.240 e. The molecule has 0 bridgehead atoms. The van der Waals surface area contributed by atoms with E-state index in [1.807, 2.05) is 39.8 Å². The molecule has 0 spiro atoms. The Kier molecular flexibility index (Phi) is 5.48. The van der Waals surface area contributed by atoms with Crippen molar-refractivity contribution in [2.24, 2.45) is 0 Å². The van der Waals surface area contributed by atoms with E-state index in [0.29, 0.717) is 0 Å². The molecule has 3 aromatic rings. The molecule has 1 atom stereocenters. The van der Waals surface area contributed by atoms with Gasteiger partial charge in [0.1, 0.15) is 11.6 Å². The van der Waals surface area contributed by atoms with Gasteiger partial charge in [0, 0.05) is 13.1 Å². The number of thioether (sulfide) groups is 1. The summed E-state index contributed by atoms with van der Waals surface area (Å²) in [6, 6.07) is 16.3. The zero-order valence-electron chi connectivity index (χ0n) is 16.2. The van der Waals surface area contributed by atoms with Gasteiger partial charge in [0.05, 0.1) is 5.69 Å². The molecule has 1 amide bonds. The van der Waals surface area contributed by atoms with E-state index in [2.05, 4.69) is 42.2 Å². The van der Waals surface area contributed by atoms with Crippen LogP contribution in [0.4, 0.5) is 0 Å². The van der Waals surface area contributed by atoms with Crippen molar-refractivity contribution in [1.29, 1.82) is 0 Å². The molecule has 0 saturated carbocycles. The summed E-state index contributed by atoms with van der Waals surface area (Å²) in [6.07, 6.45) is 3.88. The van der Waals surface area contributed by atoms with Crippen LogP contribution < -0.4 is 0 Å². The molecule has 0 aliphatic carbocycles. The number of likely N-dealkylation sites (tertiary alicyclic amines) is 1. The standard InChI is InChI=1S/C22H24N4OS/c1-16-10-11-19(17(2)14-16)26-15-23-24-22(26)28-20(18-8-4-3-5-9-18)21(27)25-12-6-7-13-25/h3-5,8-11,14-15,20H,6-7,12-13H2,1-2H3/t20-/m1/s1. The second-order valence-corrected chi connectivity index (χ2v) is 8.29. The van der Waals surface area contributed by atoms with E-state index in [0.717, 1.165) is 47.9 Å². The van der Waals surface area contributed by atoms with Gasteiger partial charge in [-0.3, -0.25) is 9.36 Å². The van der Waals surface area contributed by atoms with Gasteiger partial charge in [0.15, 0.2) is 5.16 Å². The van der Waals surface area contributed by atoms with Gasteiger partial charge < -0.3 is 4.90 Å².